The van der Waals surface area contributed by atoms with Crippen molar-refractivity contribution in [2.45, 2.75) is 45.6 Å². The van der Waals surface area contributed by atoms with Gasteiger partial charge in [0.25, 0.3) is 0 Å². The van der Waals surface area contributed by atoms with Gasteiger partial charge in [-0.3, -0.25) is 0 Å². The lowest BCUT2D eigenvalue weighted by Crippen LogP contribution is -2.52. The predicted molar refractivity (Wildman–Crippen MR) is 55.6 cm³/mol. The Balaban J connectivity index is 2.62. The summed E-state index contributed by atoms with van der Waals surface area (Å²) < 4.78 is 5.36. The number of rotatable bonds is 3. The van der Waals surface area contributed by atoms with Crippen LogP contribution in [0, 0.1) is 11.8 Å². The van der Waals surface area contributed by atoms with Gasteiger partial charge < -0.3 is 10.5 Å². The molecule has 1 rings (SSSR count). The number of ether oxygens (including phenoxy) is 1. The Labute approximate surface area is 81.8 Å². The van der Waals surface area contributed by atoms with Crippen molar-refractivity contribution in [2.24, 2.45) is 17.6 Å². The molecule has 1 fully saturated rings. The van der Waals surface area contributed by atoms with Crippen molar-refractivity contribution in [3.05, 3.63) is 0 Å². The van der Waals surface area contributed by atoms with Gasteiger partial charge in [0, 0.05) is 18.8 Å². The van der Waals surface area contributed by atoms with E-state index in [0.717, 1.165) is 32.5 Å². The van der Waals surface area contributed by atoms with Gasteiger partial charge in [0.05, 0.1) is 0 Å². The highest BCUT2D eigenvalue weighted by Gasteiger charge is 2.36. The second kappa shape index (κ2) is 4.43. The van der Waals surface area contributed by atoms with E-state index in [1.165, 1.54) is 0 Å². The third-order valence-corrected chi connectivity index (χ3v) is 3.67. The topological polar surface area (TPSA) is 35.2 Å². The molecule has 0 aromatic rings. The summed E-state index contributed by atoms with van der Waals surface area (Å²) in [4.78, 5) is 0. The first kappa shape index (κ1) is 11.0. The van der Waals surface area contributed by atoms with Crippen LogP contribution in [0.5, 0.6) is 0 Å². The molecule has 2 heteroatoms. The van der Waals surface area contributed by atoms with Crippen LogP contribution in [0.25, 0.3) is 0 Å². The molecule has 0 bridgehead atoms. The number of hydrogen-bond donors (Lipinski definition) is 1. The first-order valence-electron chi connectivity index (χ1n) is 5.48. The second-order valence-corrected chi connectivity index (χ2v) is 4.51. The molecule has 0 amide bonds. The van der Waals surface area contributed by atoms with E-state index < -0.39 is 0 Å². The molecule has 1 atom stereocenters. The van der Waals surface area contributed by atoms with E-state index in [2.05, 4.69) is 20.8 Å². The number of hydrogen-bond acceptors (Lipinski definition) is 2. The third-order valence-electron chi connectivity index (χ3n) is 3.67. The summed E-state index contributed by atoms with van der Waals surface area (Å²) in [5.41, 5.74) is 6.49. The van der Waals surface area contributed by atoms with Gasteiger partial charge in [0.1, 0.15) is 0 Å². The van der Waals surface area contributed by atoms with Crippen LogP contribution in [-0.4, -0.2) is 18.8 Å². The molecule has 78 valence electrons. The summed E-state index contributed by atoms with van der Waals surface area (Å²) in [6.07, 6.45) is 3.36. The van der Waals surface area contributed by atoms with Gasteiger partial charge in [-0.05, 0) is 31.1 Å². The van der Waals surface area contributed by atoms with Crippen molar-refractivity contribution < 1.29 is 4.74 Å². The van der Waals surface area contributed by atoms with Gasteiger partial charge in [-0.1, -0.05) is 20.8 Å². The van der Waals surface area contributed by atoms with Crippen LogP contribution in [0.15, 0.2) is 0 Å². The Bertz CT molecular complexity index is 152. The Morgan fingerprint density at radius 1 is 1.38 bits per heavy atom. The minimum atomic E-state index is 0.0315. The number of nitrogens with two attached hydrogens (primary N) is 1. The van der Waals surface area contributed by atoms with Crippen LogP contribution in [0.3, 0.4) is 0 Å². The summed E-state index contributed by atoms with van der Waals surface area (Å²) in [5.74, 6) is 1.23. The molecule has 0 aromatic carbocycles. The van der Waals surface area contributed by atoms with Crippen LogP contribution in [0.4, 0.5) is 0 Å². The van der Waals surface area contributed by atoms with Gasteiger partial charge in [0.2, 0.25) is 0 Å². The molecule has 0 aromatic heterocycles. The van der Waals surface area contributed by atoms with Crippen molar-refractivity contribution in [3.8, 4) is 0 Å². The van der Waals surface area contributed by atoms with E-state index in [4.69, 9.17) is 10.5 Å². The molecule has 1 aliphatic rings. The maximum atomic E-state index is 6.46. The van der Waals surface area contributed by atoms with E-state index in [0.29, 0.717) is 11.8 Å². The van der Waals surface area contributed by atoms with Crippen LogP contribution >= 0.6 is 0 Å². The standard InChI is InChI=1S/C11H23NO/c1-4-11(12,9(2)3)10-5-7-13-8-6-10/h9-10H,4-8,12H2,1-3H3. The van der Waals surface area contributed by atoms with Crippen LogP contribution in [-0.2, 0) is 4.74 Å². The Morgan fingerprint density at radius 3 is 2.31 bits per heavy atom. The highest BCUT2D eigenvalue weighted by Crippen LogP contribution is 2.33. The monoisotopic (exact) mass is 185 g/mol. The van der Waals surface area contributed by atoms with Crippen LogP contribution < -0.4 is 5.73 Å². The minimum absolute atomic E-state index is 0.0315. The lowest BCUT2D eigenvalue weighted by molar-refractivity contribution is 0.0247. The zero-order valence-electron chi connectivity index (χ0n) is 9.18. The van der Waals surface area contributed by atoms with Crippen molar-refractivity contribution in [1.29, 1.82) is 0 Å². The van der Waals surface area contributed by atoms with Crippen molar-refractivity contribution >= 4 is 0 Å². The smallest absolute Gasteiger partial charge is 0.0469 e. The van der Waals surface area contributed by atoms with E-state index >= 15 is 0 Å². The van der Waals surface area contributed by atoms with Gasteiger partial charge in [-0.2, -0.15) is 0 Å². The zero-order valence-corrected chi connectivity index (χ0v) is 9.18. The maximum Gasteiger partial charge on any atom is 0.0469 e. The van der Waals surface area contributed by atoms with Gasteiger partial charge in [-0.15, -0.1) is 0 Å². The van der Waals surface area contributed by atoms with Gasteiger partial charge in [0.15, 0.2) is 0 Å². The predicted octanol–water partition coefficient (Wildman–Crippen LogP) is 2.18. The summed E-state index contributed by atoms with van der Waals surface area (Å²) in [5, 5.41) is 0. The molecule has 0 spiro atoms. The highest BCUT2D eigenvalue weighted by molar-refractivity contribution is 4.93. The quantitative estimate of drug-likeness (QED) is 0.731. The van der Waals surface area contributed by atoms with E-state index in [1.807, 2.05) is 0 Å². The fourth-order valence-electron chi connectivity index (χ4n) is 2.40. The summed E-state index contributed by atoms with van der Waals surface area (Å²) in [6, 6.07) is 0. The van der Waals surface area contributed by atoms with Crippen LogP contribution in [0.1, 0.15) is 40.0 Å². The Hall–Kier alpha value is -0.0800. The molecule has 2 nitrogen and oxygen atoms in total. The summed E-state index contributed by atoms with van der Waals surface area (Å²) in [6.45, 7) is 8.47. The van der Waals surface area contributed by atoms with Gasteiger partial charge in [-0.25, -0.2) is 0 Å². The SMILES string of the molecule is CCC(N)(C(C)C)C1CCOCC1. The average Bonchev–Trinajstić information content (AvgIpc) is 2.17. The normalized spacial score (nSPS) is 24.7. The molecule has 2 N–H and O–H groups in total. The van der Waals surface area contributed by atoms with Crippen LogP contribution in [0.2, 0.25) is 0 Å². The molecular weight excluding hydrogens is 162 g/mol. The molecule has 0 saturated carbocycles. The Morgan fingerprint density at radius 2 is 1.92 bits per heavy atom. The molecular formula is C11H23NO. The second-order valence-electron chi connectivity index (χ2n) is 4.51. The third kappa shape index (κ3) is 2.23. The van der Waals surface area contributed by atoms with E-state index in [1.54, 1.807) is 0 Å². The Kier molecular flexibility index (Phi) is 3.74. The van der Waals surface area contributed by atoms with Gasteiger partial charge >= 0.3 is 0 Å². The molecule has 1 unspecified atom stereocenters. The molecule has 1 aliphatic heterocycles. The highest BCUT2D eigenvalue weighted by atomic mass is 16.5. The fraction of sp³-hybridized carbons (Fsp3) is 1.00. The summed E-state index contributed by atoms with van der Waals surface area (Å²) in [7, 11) is 0. The molecule has 13 heavy (non-hydrogen) atoms. The average molecular weight is 185 g/mol. The zero-order chi connectivity index (χ0) is 9.90. The maximum absolute atomic E-state index is 6.46. The van der Waals surface area contributed by atoms with Crippen molar-refractivity contribution in [1.82, 2.24) is 0 Å². The molecule has 0 radical (unpaired) electrons. The lowest BCUT2D eigenvalue weighted by atomic mass is 9.71. The molecule has 1 heterocycles. The van der Waals surface area contributed by atoms with Crippen molar-refractivity contribution in [3.63, 3.8) is 0 Å². The minimum Gasteiger partial charge on any atom is -0.381 e. The molecule has 0 aliphatic carbocycles. The summed E-state index contributed by atoms with van der Waals surface area (Å²) >= 11 is 0. The first-order chi connectivity index (χ1) is 6.11. The van der Waals surface area contributed by atoms with E-state index in [9.17, 15) is 0 Å². The largest absolute Gasteiger partial charge is 0.381 e. The van der Waals surface area contributed by atoms with E-state index in [-0.39, 0.29) is 5.54 Å². The van der Waals surface area contributed by atoms with Crippen molar-refractivity contribution in [2.75, 3.05) is 13.2 Å². The lowest BCUT2D eigenvalue weighted by Gasteiger charge is -2.42. The first-order valence-corrected chi connectivity index (χ1v) is 5.48. The fourth-order valence-corrected chi connectivity index (χ4v) is 2.40. The molecule has 1 saturated heterocycles.